The van der Waals surface area contributed by atoms with Crippen molar-refractivity contribution in [2.24, 2.45) is 0 Å². The molecule has 1 aliphatic carbocycles. The lowest BCUT2D eigenvalue weighted by Gasteiger charge is -2.08. The van der Waals surface area contributed by atoms with E-state index in [2.05, 4.69) is 0 Å². The maximum Gasteiger partial charge on any atom is 0.310 e. The van der Waals surface area contributed by atoms with Gasteiger partial charge in [-0.25, -0.2) is 0 Å². The first-order valence-corrected chi connectivity index (χ1v) is 3.43. The summed E-state index contributed by atoms with van der Waals surface area (Å²) in [7, 11) is 0. The van der Waals surface area contributed by atoms with E-state index < -0.39 is 0 Å². The van der Waals surface area contributed by atoms with E-state index in [4.69, 9.17) is 16.4 Å². The largest absolute Gasteiger partial charge is 0.310 e. The predicted octanol–water partition coefficient (Wildman–Crippen LogP) is 1.71. The molecule has 1 unspecified atom stereocenters. The molecular weight excluding hydrogens is 124 g/mol. The molecule has 46 valence electrons. The zero-order chi connectivity index (χ0) is 5.98. The van der Waals surface area contributed by atoms with Crippen LogP contribution in [0.2, 0.25) is 0 Å². The van der Waals surface area contributed by atoms with Gasteiger partial charge in [-0.15, -0.1) is 11.6 Å². The Hall–Kier alpha value is -0.0400. The van der Waals surface area contributed by atoms with E-state index in [1.807, 2.05) is 0 Å². The molecule has 8 heavy (non-hydrogen) atoms. The van der Waals surface area contributed by atoms with Crippen molar-refractivity contribution >= 4 is 17.4 Å². The molecule has 0 radical (unpaired) electrons. The number of hydrogen-bond donors (Lipinski definition) is 0. The highest BCUT2D eigenvalue weighted by Crippen LogP contribution is 2.18. The van der Waals surface area contributed by atoms with E-state index in [9.17, 15) is 0 Å². The highest BCUT2D eigenvalue weighted by molar-refractivity contribution is 6.31. The van der Waals surface area contributed by atoms with Crippen LogP contribution in [-0.2, 0) is 0 Å². The number of ketones is 1. The summed E-state index contributed by atoms with van der Waals surface area (Å²) in [5, 5.41) is -0.0521. The number of rotatable bonds is 0. The molecule has 1 N–H and O–H groups in total. The number of carbonyl (C=O) groups excluding carboxylic acids is 1. The predicted molar refractivity (Wildman–Crippen MR) is 35.1 cm³/mol. The minimum Gasteiger partial charge on any atom is -0.282 e. The van der Waals surface area contributed by atoms with Crippen molar-refractivity contribution in [3.8, 4) is 0 Å². The summed E-state index contributed by atoms with van der Waals surface area (Å²) in [5.74, 6) is 0.484. The van der Waals surface area contributed by atoms with E-state index in [1.165, 1.54) is 0 Å². The average Bonchev–Trinajstić information content (AvgIpc) is 1.77. The molecule has 0 aromatic rings. The van der Waals surface area contributed by atoms with Gasteiger partial charge in [-0.3, -0.25) is 4.79 Å². The Morgan fingerprint density at radius 3 is 2.62 bits per heavy atom. The molecule has 1 atom stereocenters. The van der Waals surface area contributed by atoms with Crippen LogP contribution in [0.15, 0.2) is 0 Å². The molecule has 0 spiro atoms. The normalized spacial score (nSPS) is 30.6. The lowest BCUT2D eigenvalue weighted by Crippen LogP contribution is -2.18. The molecule has 0 bridgehead atoms. The average molecular weight is 134 g/mol. The molecule has 0 saturated heterocycles. The number of alkyl halides is 1. The third kappa shape index (κ3) is 1.22. The zero-order valence-corrected chi connectivity index (χ0v) is 5.49. The Morgan fingerprint density at radius 2 is 2.25 bits per heavy atom. The summed E-state index contributed by atoms with van der Waals surface area (Å²) in [4.78, 5) is 8.96. The Morgan fingerprint density at radius 1 is 1.50 bits per heavy atom. The van der Waals surface area contributed by atoms with Crippen LogP contribution in [-0.4, -0.2) is 16.0 Å². The van der Waals surface area contributed by atoms with Crippen molar-refractivity contribution in [3.63, 3.8) is 0 Å². The standard InChI is InChI=1S/C6H9ClO/c7-5-3-1-2-4-6(5)8/h5H,1-4H2/p+1. The van der Waals surface area contributed by atoms with E-state index in [1.54, 1.807) is 0 Å². The van der Waals surface area contributed by atoms with Gasteiger partial charge in [0.1, 0.15) is 5.38 Å². The van der Waals surface area contributed by atoms with Crippen molar-refractivity contribution in [3.05, 3.63) is 0 Å². The Kier molecular flexibility index (Phi) is 1.90. The van der Waals surface area contributed by atoms with Crippen molar-refractivity contribution in [1.82, 2.24) is 0 Å². The minimum absolute atomic E-state index is 0.0521. The van der Waals surface area contributed by atoms with Crippen LogP contribution in [0.3, 0.4) is 0 Å². The molecule has 0 aromatic heterocycles. The summed E-state index contributed by atoms with van der Waals surface area (Å²) < 4.78 is 0. The van der Waals surface area contributed by atoms with Gasteiger partial charge in [0.05, 0.1) is 6.42 Å². The lowest BCUT2D eigenvalue weighted by atomic mass is 9.99. The Bertz CT molecular complexity index is 101. The zero-order valence-electron chi connectivity index (χ0n) is 4.73. The van der Waals surface area contributed by atoms with Gasteiger partial charge in [0.25, 0.3) is 0 Å². The molecule has 1 nitrogen and oxygen atoms in total. The number of halogens is 1. The van der Waals surface area contributed by atoms with Crippen LogP contribution >= 0.6 is 11.6 Å². The lowest BCUT2D eigenvalue weighted by molar-refractivity contribution is 0.576. The second kappa shape index (κ2) is 2.49. The van der Waals surface area contributed by atoms with Crippen LogP contribution < -0.4 is 0 Å². The van der Waals surface area contributed by atoms with E-state index in [0.29, 0.717) is 5.78 Å². The van der Waals surface area contributed by atoms with Crippen LogP contribution in [0.4, 0.5) is 0 Å². The third-order valence-corrected chi connectivity index (χ3v) is 1.97. The molecule has 1 fully saturated rings. The van der Waals surface area contributed by atoms with Crippen molar-refractivity contribution in [2.75, 3.05) is 0 Å². The first-order valence-electron chi connectivity index (χ1n) is 2.99. The van der Waals surface area contributed by atoms with Crippen molar-refractivity contribution in [2.45, 2.75) is 31.1 Å². The van der Waals surface area contributed by atoms with Crippen molar-refractivity contribution in [1.29, 1.82) is 0 Å². The highest BCUT2D eigenvalue weighted by Gasteiger charge is 2.24. The fourth-order valence-electron chi connectivity index (χ4n) is 0.953. The Balaban J connectivity index is 2.39. The SMILES string of the molecule is [OH+]=C1CCCCC1Cl. The van der Waals surface area contributed by atoms with E-state index >= 15 is 0 Å². The molecule has 0 amide bonds. The monoisotopic (exact) mass is 133 g/mol. The van der Waals surface area contributed by atoms with Crippen LogP contribution in [0.5, 0.6) is 0 Å². The summed E-state index contributed by atoms with van der Waals surface area (Å²) in [6, 6.07) is 0. The van der Waals surface area contributed by atoms with Gasteiger partial charge >= 0.3 is 5.78 Å². The maximum absolute atomic E-state index is 8.96. The highest BCUT2D eigenvalue weighted by atomic mass is 35.5. The van der Waals surface area contributed by atoms with Gasteiger partial charge in [0.15, 0.2) is 0 Å². The van der Waals surface area contributed by atoms with Gasteiger partial charge < -0.3 is 0 Å². The van der Waals surface area contributed by atoms with Crippen LogP contribution in [0, 0.1) is 0 Å². The molecule has 1 rings (SSSR count). The fraction of sp³-hybridized carbons (Fsp3) is 0.833. The third-order valence-electron chi connectivity index (χ3n) is 1.50. The van der Waals surface area contributed by atoms with Gasteiger partial charge in [0, 0.05) is 0 Å². The van der Waals surface area contributed by atoms with Gasteiger partial charge in [-0.1, -0.05) is 6.42 Å². The molecule has 0 heterocycles. The van der Waals surface area contributed by atoms with Crippen molar-refractivity contribution < 1.29 is 4.79 Å². The van der Waals surface area contributed by atoms with E-state index in [0.717, 1.165) is 25.7 Å². The maximum atomic E-state index is 8.96. The molecule has 0 aromatic carbocycles. The molecular formula is C6H10ClO+. The fourth-order valence-corrected chi connectivity index (χ4v) is 1.22. The topological polar surface area (TPSA) is 21.4 Å². The second-order valence-electron chi connectivity index (χ2n) is 2.20. The smallest absolute Gasteiger partial charge is 0.282 e. The van der Waals surface area contributed by atoms with Crippen LogP contribution in [0.1, 0.15) is 25.7 Å². The summed E-state index contributed by atoms with van der Waals surface area (Å²) in [6.45, 7) is 0. The quantitative estimate of drug-likeness (QED) is 0.355. The molecule has 1 aliphatic rings. The Labute approximate surface area is 54.0 Å². The second-order valence-corrected chi connectivity index (χ2v) is 2.73. The summed E-state index contributed by atoms with van der Waals surface area (Å²) in [6.07, 6.45) is 4.04. The molecule has 2 heteroatoms. The first-order chi connectivity index (χ1) is 3.80. The first kappa shape index (κ1) is 6.09. The van der Waals surface area contributed by atoms with Crippen LogP contribution in [0.25, 0.3) is 0 Å². The van der Waals surface area contributed by atoms with E-state index in [-0.39, 0.29) is 5.38 Å². The molecule has 1 saturated carbocycles. The minimum atomic E-state index is -0.0521. The summed E-state index contributed by atoms with van der Waals surface area (Å²) in [5.41, 5.74) is 0. The number of hydrogen-bond acceptors (Lipinski definition) is 0. The summed E-state index contributed by atoms with van der Waals surface area (Å²) >= 11 is 5.68. The molecule has 0 aliphatic heterocycles. The van der Waals surface area contributed by atoms with Gasteiger partial charge in [-0.05, 0) is 12.8 Å². The van der Waals surface area contributed by atoms with Gasteiger partial charge in [-0.2, -0.15) is 0 Å². The van der Waals surface area contributed by atoms with Gasteiger partial charge in [0.2, 0.25) is 0 Å².